The largest absolute Gasteiger partial charge is 0.352 e. The summed E-state index contributed by atoms with van der Waals surface area (Å²) in [5.41, 5.74) is 0. The highest BCUT2D eigenvalue weighted by Crippen LogP contribution is 2.11. The van der Waals surface area contributed by atoms with Gasteiger partial charge in [-0.05, 0) is 6.42 Å². The van der Waals surface area contributed by atoms with Crippen LogP contribution in [0.4, 0.5) is 0 Å². The quantitative estimate of drug-likeness (QED) is 0.772. The summed E-state index contributed by atoms with van der Waals surface area (Å²) in [6.07, 6.45) is 1.49. The number of amides is 2. The molecule has 0 saturated carbocycles. The summed E-state index contributed by atoms with van der Waals surface area (Å²) >= 11 is 0. The first kappa shape index (κ1) is 12.5. The number of aromatic nitrogens is 3. The van der Waals surface area contributed by atoms with Gasteiger partial charge in [0.05, 0.1) is 0 Å². The molecule has 2 rings (SSSR count). The lowest BCUT2D eigenvalue weighted by Gasteiger charge is -2.14. The highest BCUT2D eigenvalue weighted by molar-refractivity contribution is 5.90. The van der Waals surface area contributed by atoms with Gasteiger partial charge in [0.1, 0.15) is 5.82 Å². The van der Waals surface area contributed by atoms with Gasteiger partial charge < -0.3 is 10.2 Å². The molecule has 0 spiro atoms. The van der Waals surface area contributed by atoms with Crippen molar-refractivity contribution in [2.24, 2.45) is 0 Å². The number of H-pyrrole nitrogens is 1. The zero-order valence-electron chi connectivity index (χ0n) is 10.6. The molecule has 98 valence electrons. The first-order valence-electron chi connectivity index (χ1n) is 6.07. The van der Waals surface area contributed by atoms with Gasteiger partial charge in [0, 0.05) is 32.5 Å². The van der Waals surface area contributed by atoms with Crippen LogP contribution in [0.1, 0.15) is 36.7 Å². The van der Waals surface area contributed by atoms with Crippen molar-refractivity contribution in [3.05, 3.63) is 11.6 Å². The molecule has 1 aliphatic rings. The summed E-state index contributed by atoms with van der Waals surface area (Å²) in [4.78, 5) is 28.8. The number of carbonyl (C=O) groups excluding carboxylic acids is 2. The van der Waals surface area contributed by atoms with Crippen LogP contribution >= 0.6 is 0 Å². The van der Waals surface area contributed by atoms with Crippen molar-refractivity contribution in [2.45, 2.75) is 32.7 Å². The lowest BCUT2D eigenvalue weighted by atomic mass is 10.3. The van der Waals surface area contributed by atoms with E-state index in [1.807, 2.05) is 6.92 Å². The van der Waals surface area contributed by atoms with E-state index in [0.29, 0.717) is 18.9 Å². The summed E-state index contributed by atoms with van der Waals surface area (Å²) < 4.78 is 0. The van der Waals surface area contributed by atoms with Crippen LogP contribution in [-0.2, 0) is 11.2 Å². The molecule has 0 aliphatic carbocycles. The van der Waals surface area contributed by atoms with Crippen LogP contribution in [-0.4, -0.2) is 51.0 Å². The van der Waals surface area contributed by atoms with Crippen molar-refractivity contribution in [1.29, 1.82) is 0 Å². The Morgan fingerprint density at radius 1 is 1.56 bits per heavy atom. The van der Waals surface area contributed by atoms with Crippen molar-refractivity contribution in [2.75, 3.05) is 13.1 Å². The summed E-state index contributed by atoms with van der Waals surface area (Å²) in [6, 6.07) is 0.0380. The number of nitrogens with one attached hydrogen (secondary N) is 2. The lowest BCUT2D eigenvalue weighted by molar-refractivity contribution is -0.119. The number of aromatic amines is 1. The number of aryl methyl sites for hydroxylation is 1. The zero-order chi connectivity index (χ0) is 13.1. The van der Waals surface area contributed by atoms with Crippen LogP contribution in [0.3, 0.4) is 0 Å². The van der Waals surface area contributed by atoms with E-state index in [9.17, 15) is 9.59 Å². The number of hydrogen-bond acceptors (Lipinski definition) is 4. The van der Waals surface area contributed by atoms with Crippen molar-refractivity contribution >= 4 is 11.8 Å². The van der Waals surface area contributed by atoms with Crippen LogP contribution in [0.15, 0.2) is 0 Å². The number of likely N-dealkylation sites (tertiary alicyclic amines) is 1. The van der Waals surface area contributed by atoms with E-state index >= 15 is 0 Å². The van der Waals surface area contributed by atoms with Crippen molar-refractivity contribution in [3.8, 4) is 0 Å². The second kappa shape index (κ2) is 5.16. The second-order valence-corrected chi connectivity index (χ2v) is 4.40. The average molecular weight is 251 g/mol. The fourth-order valence-electron chi connectivity index (χ4n) is 2.04. The Labute approximate surface area is 105 Å². The maximum absolute atomic E-state index is 12.1. The number of carbonyl (C=O) groups is 2. The van der Waals surface area contributed by atoms with E-state index in [4.69, 9.17) is 0 Å². The fourth-order valence-corrected chi connectivity index (χ4v) is 2.04. The molecule has 0 aromatic carbocycles. The number of hydrogen-bond donors (Lipinski definition) is 2. The molecule has 1 atom stereocenters. The van der Waals surface area contributed by atoms with Crippen molar-refractivity contribution < 1.29 is 9.59 Å². The van der Waals surface area contributed by atoms with Gasteiger partial charge in [-0.15, -0.1) is 5.10 Å². The van der Waals surface area contributed by atoms with Crippen molar-refractivity contribution in [3.63, 3.8) is 0 Å². The minimum atomic E-state index is -0.182. The molecule has 7 nitrogen and oxygen atoms in total. The fraction of sp³-hybridized carbons (Fsp3) is 0.636. The summed E-state index contributed by atoms with van der Waals surface area (Å²) in [5, 5.41) is 9.44. The van der Waals surface area contributed by atoms with Crippen LogP contribution in [0.25, 0.3) is 0 Å². The van der Waals surface area contributed by atoms with E-state index in [-0.39, 0.29) is 23.7 Å². The van der Waals surface area contributed by atoms with Gasteiger partial charge in [-0.1, -0.05) is 6.92 Å². The smallest absolute Gasteiger partial charge is 0.293 e. The molecule has 1 fully saturated rings. The SMILES string of the molecule is CCc1nc(C(=O)N2CCC(NC(C)=O)C2)n[nH]1. The van der Waals surface area contributed by atoms with E-state index in [0.717, 1.165) is 12.8 Å². The second-order valence-electron chi connectivity index (χ2n) is 4.40. The normalized spacial score (nSPS) is 19.0. The maximum Gasteiger partial charge on any atom is 0.293 e. The third-order valence-corrected chi connectivity index (χ3v) is 2.94. The van der Waals surface area contributed by atoms with Gasteiger partial charge in [0.2, 0.25) is 11.7 Å². The zero-order valence-corrected chi connectivity index (χ0v) is 10.6. The minimum Gasteiger partial charge on any atom is -0.352 e. The molecule has 1 saturated heterocycles. The standard InChI is InChI=1S/C11H17N5O2/c1-3-9-13-10(15-14-9)11(18)16-5-4-8(6-16)12-7(2)17/h8H,3-6H2,1-2H3,(H,12,17)(H,13,14,15). The average Bonchev–Trinajstić information content (AvgIpc) is 2.95. The van der Waals surface area contributed by atoms with Crippen LogP contribution in [0.5, 0.6) is 0 Å². The first-order chi connectivity index (χ1) is 8.60. The molecular weight excluding hydrogens is 234 g/mol. The summed E-state index contributed by atoms with van der Waals surface area (Å²) in [7, 11) is 0. The predicted octanol–water partition coefficient (Wildman–Crippen LogP) is -0.282. The Hall–Kier alpha value is -1.92. The molecule has 7 heteroatoms. The van der Waals surface area contributed by atoms with Gasteiger partial charge in [0.15, 0.2) is 0 Å². The molecule has 2 heterocycles. The van der Waals surface area contributed by atoms with Crippen LogP contribution < -0.4 is 5.32 Å². The van der Waals surface area contributed by atoms with Gasteiger partial charge >= 0.3 is 0 Å². The predicted molar refractivity (Wildman–Crippen MR) is 63.9 cm³/mol. The molecule has 2 N–H and O–H groups in total. The van der Waals surface area contributed by atoms with E-state index < -0.39 is 0 Å². The molecule has 0 radical (unpaired) electrons. The van der Waals surface area contributed by atoms with Gasteiger partial charge in [-0.3, -0.25) is 14.7 Å². The number of rotatable bonds is 3. The van der Waals surface area contributed by atoms with Gasteiger partial charge in [-0.25, -0.2) is 4.98 Å². The van der Waals surface area contributed by atoms with Crippen molar-refractivity contribution in [1.82, 2.24) is 25.4 Å². The highest BCUT2D eigenvalue weighted by atomic mass is 16.2. The lowest BCUT2D eigenvalue weighted by Crippen LogP contribution is -2.37. The third-order valence-electron chi connectivity index (χ3n) is 2.94. The van der Waals surface area contributed by atoms with Crippen LogP contribution in [0.2, 0.25) is 0 Å². The molecular formula is C11H17N5O2. The Balaban J connectivity index is 1.96. The molecule has 1 unspecified atom stereocenters. The Bertz CT molecular complexity index is 456. The minimum absolute atomic E-state index is 0.0380. The van der Waals surface area contributed by atoms with E-state index in [2.05, 4.69) is 20.5 Å². The Morgan fingerprint density at radius 3 is 2.94 bits per heavy atom. The Morgan fingerprint density at radius 2 is 2.33 bits per heavy atom. The third kappa shape index (κ3) is 2.66. The Kier molecular flexibility index (Phi) is 3.59. The molecule has 1 aromatic heterocycles. The topological polar surface area (TPSA) is 91.0 Å². The summed E-state index contributed by atoms with van der Waals surface area (Å²) in [6.45, 7) is 4.57. The highest BCUT2D eigenvalue weighted by Gasteiger charge is 2.29. The number of nitrogens with zero attached hydrogens (tertiary/aromatic N) is 3. The molecule has 2 amide bonds. The van der Waals surface area contributed by atoms with E-state index in [1.54, 1.807) is 4.90 Å². The van der Waals surface area contributed by atoms with Crippen LogP contribution in [0, 0.1) is 0 Å². The molecule has 18 heavy (non-hydrogen) atoms. The molecule has 0 bridgehead atoms. The van der Waals surface area contributed by atoms with Gasteiger partial charge in [0.25, 0.3) is 5.91 Å². The molecule has 1 aromatic rings. The maximum atomic E-state index is 12.1. The summed E-state index contributed by atoms with van der Waals surface area (Å²) in [5.74, 6) is 0.658. The van der Waals surface area contributed by atoms with Gasteiger partial charge in [-0.2, -0.15) is 0 Å². The monoisotopic (exact) mass is 251 g/mol. The first-order valence-corrected chi connectivity index (χ1v) is 6.07. The van der Waals surface area contributed by atoms with E-state index in [1.165, 1.54) is 6.92 Å². The molecule has 1 aliphatic heterocycles.